The molecule has 0 fully saturated rings. The summed E-state index contributed by atoms with van der Waals surface area (Å²) in [7, 11) is 0. The SMILES string of the molecule is CCCNC(c1ccoc1)c1cccc2c1OCC2. The molecule has 0 spiro atoms. The lowest BCUT2D eigenvalue weighted by atomic mass is 9.97. The Balaban J connectivity index is 1.98. The van der Waals surface area contributed by atoms with Crippen LogP contribution in [0.3, 0.4) is 0 Å². The van der Waals surface area contributed by atoms with Crippen LogP contribution in [0.5, 0.6) is 5.75 Å². The summed E-state index contributed by atoms with van der Waals surface area (Å²) in [6.07, 6.45) is 5.64. The van der Waals surface area contributed by atoms with Gasteiger partial charge in [-0.3, -0.25) is 0 Å². The Morgan fingerprint density at radius 2 is 2.26 bits per heavy atom. The van der Waals surface area contributed by atoms with Crippen molar-refractivity contribution in [1.82, 2.24) is 5.32 Å². The molecule has 2 aromatic rings. The van der Waals surface area contributed by atoms with Crippen LogP contribution < -0.4 is 10.1 Å². The van der Waals surface area contributed by atoms with Gasteiger partial charge in [0, 0.05) is 17.5 Å². The molecule has 0 radical (unpaired) electrons. The quantitative estimate of drug-likeness (QED) is 0.892. The smallest absolute Gasteiger partial charge is 0.127 e. The van der Waals surface area contributed by atoms with Crippen LogP contribution >= 0.6 is 0 Å². The summed E-state index contributed by atoms with van der Waals surface area (Å²) in [5, 5.41) is 3.58. The lowest BCUT2D eigenvalue weighted by Crippen LogP contribution is -2.23. The van der Waals surface area contributed by atoms with Crippen molar-refractivity contribution in [3.05, 3.63) is 53.5 Å². The molecule has 0 saturated carbocycles. The lowest BCUT2D eigenvalue weighted by molar-refractivity contribution is 0.350. The number of hydrogen-bond acceptors (Lipinski definition) is 3. The summed E-state index contributed by atoms with van der Waals surface area (Å²) in [4.78, 5) is 0. The van der Waals surface area contributed by atoms with E-state index < -0.39 is 0 Å². The first-order valence-electron chi connectivity index (χ1n) is 6.90. The van der Waals surface area contributed by atoms with Crippen LogP contribution in [-0.2, 0) is 6.42 Å². The fraction of sp³-hybridized carbons (Fsp3) is 0.375. The Hall–Kier alpha value is -1.74. The normalized spacial score (nSPS) is 15.0. The monoisotopic (exact) mass is 257 g/mol. The van der Waals surface area contributed by atoms with Gasteiger partial charge in [0.05, 0.1) is 25.2 Å². The second-order valence-corrected chi connectivity index (χ2v) is 4.88. The second-order valence-electron chi connectivity index (χ2n) is 4.88. The van der Waals surface area contributed by atoms with E-state index >= 15 is 0 Å². The minimum absolute atomic E-state index is 0.145. The third-order valence-electron chi connectivity index (χ3n) is 3.53. The summed E-state index contributed by atoms with van der Waals surface area (Å²) in [5.41, 5.74) is 3.67. The Bertz CT molecular complexity index is 534. The minimum Gasteiger partial charge on any atom is -0.493 e. The van der Waals surface area contributed by atoms with Gasteiger partial charge in [0.2, 0.25) is 0 Å². The van der Waals surface area contributed by atoms with E-state index in [-0.39, 0.29) is 6.04 Å². The van der Waals surface area contributed by atoms with Gasteiger partial charge in [-0.05, 0) is 24.6 Å². The molecule has 3 heteroatoms. The molecule has 0 aliphatic carbocycles. The van der Waals surface area contributed by atoms with Crippen LogP contribution in [0.1, 0.15) is 36.1 Å². The van der Waals surface area contributed by atoms with Crippen molar-refractivity contribution < 1.29 is 9.15 Å². The molecule has 1 aromatic carbocycles. The number of para-hydroxylation sites is 1. The van der Waals surface area contributed by atoms with Gasteiger partial charge in [-0.2, -0.15) is 0 Å². The van der Waals surface area contributed by atoms with E-state index in [0.29, 0.717) is 0 Å². The van der Waals surface area contributed by atoms with Gasteiger partial charge in [0.15, 0.2) is 0 Å². The number of hydrogen-bond donors (Lipinski definition) is 1. The molecule has 1 aliphatic rings. The fourth-order valence-corrected chi connectivity index (χ4v) is 2.60. The van der Waals surface area contributed by atoms with Crippen LogP contribution in [0.15, 0.2) is 41.2 Å². The number of ether oxygens (including phenoxy) is 1. The van der Waals surface area contributed by atoms with E-state index in [2.05, 4.69) is 30.4 Å². The van der Waals surface area contributed by atoms with Gasteiger partial charge in [-0.25, -0.2) is 0 Å². The number of rotatable bonds is 5. The molecule has 3 nitrogen and oxygen atoms in total. The summed E-state index contributed by atoms with van der Waals surface area (Å²) in [6.45, 7) is 3.93. The van der Waals surface area contributed by atoms with Crippen LogP contribution in [0.4, 0.5) is 0 Å². The zero-order chi connectivity index (χ0) is 13.1. The Kier molecular flexibility index (Phi) is 3.56. The van der Waals surface area contributed by atoms with Crippen LogP contribution in [0.25, 0.3) is 0 Å². The highest BCUT2D eigenvalue weighted by molar-refractivity contribution is 5.48. The van der Waals surface area contributed by atoms with Crippen molar-refractivity contribution in [2.24, 2.45) is 0 Å². The van der Waals surface area contributed by atoms with Crippen molar-refractivity contribution in [3.63, 3.8) is 0 Å². The van der Waals surface area contributed by atoms with E-state index in [1.165, 1.54) is 11.1 Å². The fourth-order valence-electron chi connectivity index (χ4n) is 2.60. The van der Waals surface area contributed by atoms with Gasteiger partial charge in [-0.1, -0.05) is 25.1 Å². The maximum atomic E-state index is 5.82. The first kappa shape index (κ1) is 12.3. The molecule has 0 saturated heterocycles. The molecule has 1 N–H and O–H groups in total. The molecule has 1 unspecified atom stereocenters. The van der Waals surface area contributed by atoms with E-state index in [1.807, 2.05) is 12.3 Å². The number of nitrogens with one attached hydrogen (secondary N) is 1. The summed E-state index contributed by atoms with van der Waals surface area (Å²) in [5.74, 6) is 1.05. The second kappa shape index (κ2) is 5.49. The van der Waals surface area contributed by atoms with Gasteiger partial charge in [0.25, 0.3) is 0 Å². The summed E-state index contributed by atoms with van der Waals surface area (Å²) in [6, 6.07) is 8.57. The molecule has 1 aliphatic heterocycles. The summed E-state index contributed by atoms with van der Waals surface area (Å²) >= 11 is 0. The predicted octanol–water partition coefficient (Wildman–Crippen LogP) is 3.30. The van der Waals surface area contributed by atoms with E-state index in [1.54, 1.807) is 6.26 Å². The predicted molar refractivity (Wildman–Crippen MR) is 74.5 cm³/mol. The van der Waals surface area contributed by atoms with Crippen LogP contribution in [0.2, 0.25) is 0 Å². The van der Waals surface area contributed by atoms with E-state index in [4.69, 9.17) is 9.15 Å². The molecule has 1 aromatic heterocycles. The molecule has 3 rings (SSSR count). The molecule has 1 atom stereocenters. The Labute approximate surface area is 113 Å². The average molecular weight is 257 g/mol. The number of fused-ring (bicyclic) bond motifs is 1. The molecule has 19 heavy (non-hydrogen) atoms. The molecule has 0 bridgehead atoms. The topological polar surface area (TPSA) is 34.4 Å². The van der Waals surface area contributed by atoms with E-state index in [9.17, 15) is 0 Å². The van der Waals surface area contributed by atoms with E-state index in [0.717, 1.165) is 37.3 Å². The van der Waals surface area contributed by atoms with Crippen molar-refractivity contribution in [1.29, 1.82) is 0 Å². The van der Waals surface area contributed by atoms with Crippen LogP contribution in [-0.4, -0.2) is 13.2 Å². The van der Waals surface area contributed by atoms with Gasteiger partial charge in [0.1, 0.15) is 5.75 Å². The average Bonchev–Trinajstić information content (AvgIpc) is 3.10. The highest BCUT2D eigenvalue weighted by Crippen LogP contribution is 2.36. The Morgan fingerprint density at radius 1 is 1.32 bits per heavy atom. The standard InChI is InChI=1S/C16H19NO2/c1-2-8-17-15(13-6-9-18-11-13)14-5-3-4-12-7-10-19-16(12)14/h3-6,9,11,15,17H,2,7-8,10H2,1H3. The highest BCUT2D eigenvalue weighted by atomic mass is 16.5. The van der Waals surface area contributed by atoms with Crippen molar-refractivity contribution in [2.45, 2.75) is 25.8 Å². The molecule has 2 heterocycles. The first-order valence-corrected chi connectivity index (χ1v) is 6.90. The largest absolute Gasteiger partial charge is 0.493 e. The lowest BCUT2D eigenvalue weighted by Gasteiger charge is -2.20. The Morgan fingerprint density at radius 3 is 3.05 bits per heavy atom. The molecule has 0 amide bonds. The zero-order valence-corrected chi connectivity index (χ0v) is 11.2. The van der Waals surface area contributed by atoms with Gasteiger partial charge >= 0.3 is 0 Å². The molecule has 100 valence electrons. The molecular formula is C16H19NO2. The molecular weight excluding hydrogens is 238 g/mol. The number of benzene rings is 1. The third kappa shape index (κ3) is 2.38. The van der Waals surface area contributed by atoms with Crippen molar-refractivity contribution in [3.8, 4) is 5.75 Å². The maximum Gasteiger partial charge on any atom is 0.127 e. The summed E-state index contributed by atoms with van der Waals surface area (Å²) < 4.78 is 11.1. The maximum absolute atomic E-state index is 5.82. The van der Waals surface area contributed by atoms with Crippen LogP contribution in [0, 0.1) is 0 Å². The minimum atomic E-state index is 0.145. The van der Waals surface area contributed by atoms with Gasteiger partial charge in [-0.15, -0.1) is 0 Å². The number of furan rings is 1. The van der Waals surface area contributed by atoms with Crippen molar-refractivity contribution >= 4 is 0 Å². The van der Waals surface area contributed by atoms with Gasteiger partial charge < -0.3 is 14.5 Å². The zero-order valence-electron chi connectivity index (χ0n) is 11.2. The first-order chi connectivity index (χ1) is 9.40. The highest BCUT2D eigenvalue weighted by Gasteiger charge is 2.23. The van der Waals surface area contributed by atoms with Crippen molar-refractivity contribution in [2.75, 3.05) is 13.2 Å². The third-order valence-corrected chi connectivity index (χ3v) is 3.53.